The number of carbonyl (C=O) groups is 4. The Bertz CT molecular complexity index is 4090. The minimum Gasteiger partial charge on any atom is -0.302 e. The second-order valence-electron chi connectivity index (χ2n) is 30.1. The van der Waals surface area contributed by atoms with Crippen LogP contribution in [0.3, 0.4) is 0 Å². The fraction of sp³-hybridized carbons (Fsp3) is 0.627. The highest BCUT2D eigenvalue weighted by Gasteiger charge is 2.95. The van der Waals surface area contributed by atoms with Crippen molar-refractivity contribution < 1.29 is 267 Å². The lowest BCUT2D eigenvalue weighted by Gasteiger charge is -2.40. The van der Waals surface area contributed by atoms with Gasteiger partial charge in [-0.05, 0) is 41.8 Å². The second kappa shape index (κ2) is 44.0. The van der Waals surface area contributed by atoms with Crippen LogP contribution in [0.15, 0.2) is 121 Å². The van der Waals surface area contributed by atoms with Gasteiger partial charge in [0.15, 0.2) is 0 Å². The standard InChI is InChI=1S/C75H66F52N6O8/c76-52(77,56(84,85)60(92,93)64(100,101)68(108,109)72(116,117)118)26-36-130(138-40-44-14-5-1-6-15-44)48(134)22-32-128(33-23-49(135)131(139-41-45-16-7-2-8-17-45)37-27-53(78,79)57(86,87)61(94,95)65(102,103)69(110,111)73(119,120)121)30-13-31-129(34-24-50(136)132(140-42-46-18-9-3-10-19-46)38-28-54(80,81)58(88,89)62(96,97)66(104,105)70(112,113)74(122,123)124)35-25-51(137)133(141-43-47-20-11-4-12-21-47)39-29-55(82,83)59(90,91)63(98,99)67(106,107)71(114,115)75(125,126)127/h1-12,14-21H,13,22-43H2. The Labute approximate surface area is 755 Å². The third-order valence-corrected chi connectivity index (χ3v) is 20.1. The van der Waals surface area contributed by atoms with Crippen LogP contribution in [0, 0.1) is 0 Å². The van der Waals surface area contributed by atoms with Crippen molar-refractivity contribution in [2.45, 2.75) is 227 Å². The van der Waals surface area contributed by atoms with E-state index in [1.54, 1.807) is 0 Å². The van der Waals surface area contributed by atoms with Crippen LogP contribution >= 0.6 is 0 Å². The van der Waals surface area contributed by atoms with Gasteiger partial charge < -0.3 is 9.80 Å². The molecule has 0 aliphatic carbocycles. The van der Waals surface area contributed by atoms with E-state index in [-0.39, 0.29) is 22.3 Å². The first kappa shape index (κ1) is 124. The zero-order valence-electron chi connectivity index (χ0n) is 69.4. The number of halogens is 52. The van der Waals surface area contributed by atoms with Gasteiger partial charge in [-0.15, -0.1) is 0 Å². The number of hydrogen-bond acceptors (Lipinski definition) is 10. The number of carbonyl (C=O) groups excluding carboxylic acids is 4. The monoisotopic (exact) mass is 2170 g/mol. The summed E-state index contributed by atoms with van der Waals surface area (Å²) in [6.45, 7) is -24.0. The van der Waals surface area contributed by atoms with Gasteiger partial charge in [0.2, 0.25) is 23.6 Å². The first-order valence-electron chi connectivity index (χ1n) is 38.5. The van der Waals surface area contributed by atoms with E-state index in [2.05, 4.69) is 0 Å². The van der Waals surface area contributed by atoms with Crippen molar-refractivity contribution in [3.8, 4) is 0 Å². The molecule has 0 aliphatic rings. The lowest BCUT2D eigenvalue weighted by Crippen LogP contribution is -2.70. The number of alkyl halides is 52. The first-order valence-corrected chi connectivity index (χ1v) is 38.5. The summed E-state index contributed by atoms with van der Waals surface area (Å²) in [5.74, 6) is -171. The third-order valence-electron chi connectivity index (χ3n) is 20.1. The number of hydroxylamine groups is 8. The molecule has 0 heterocycles. The van der Waals surface area contributed by atoms with Crippen molar-refractivity contribution in [2.24, 2.45) is 0 Å². The van der Waals surface area contributed by atoms with Gasteiger partial charge in [0.1, 0.15) is 26.4 Å². The fourth-order valence-electron chi connectivity index (χ4n) is 11.5. The maximum atomic E-state index is 15.4. The summed E-state index contributed by atoms with van der Waals surface area (Å²) in [5.41, 5.74) is -1.28. The zero-order chi connectivity index (χ0) is 109. The van der Waals surface area contributed by atoms with E-state index >= 15 is 70.2 Å². The maximum Gasteiger partial charge on any atom is 0.460 e. The predicted octanol–water partition coefficient (Wildman–Crippen LogP) is 23.9. The van der Waals surface area contributed by atoms with Gasteiger partial charge in [0.05, 0.1) is 26.2 Å². The average Bonchev–Trinajstić information content (AvgIpc) is 0.723. The van der Waals surface area contributed by atoms with Crippen molar-refractivity contribution in [3.63, 3.8) is 0 Å². The van der Waals surface area contributed by atoms with Crippen LogP contribution in [-0.2, 0) is 65.0 Å². The summed E-state index contributed by atoms with van der Waals surface area (Å²) in [6, 6.07) is 20.5. The molecule has 0 unspecified atom stereocenters. The zero-order valence-corrected chi connectivity index (χ0v) is 69.4. The molecule has 66 heteroatoms. The van der Waals surface area contributed by atoms with E-state index in [4.69, 9.17) is 19.4 Å². The van der Waals surface area contributed by atoms with Gasteiger partial charge in [0, 0.05) is 77.5 Å². The van der Waals surface area contributed by atoms with Crippen molar-refractivity contribution >= 4 is 23.6 Å². The van der Waals surface area contributed by atoms with Gasteiger partial charge in [-0.1, -0.05) is 121 Å². The molecule has 141 heavy (non-hydrogen) atoms. The number of rotatable bonds is 56. The predicted molar refractivity (Wildman–Crippen MR) is 369 cm³/mol. The molecular formula is C75H66F52N6O8. The highest BCUT2D eigenvalue weighted by Crippen LogP contribution is 2.66. The highest BCUT2D eigenvalue weighted by atomic mass is 19.5. The minimum atomic E-state index is -8.56. The Hall–Kier alpha value is -9.12. The van der Waals surface area contributed by atoms with Crippen molar-refractivity contribution in [3.05, 3.63) is 144 Å². The maximum absolute atomic E-state index is 15.4. The van der Waals surface area contributed by atoms with Crippen LogP contribution in [0.1, 0.15) is 80.0 Å². The summed E-state index contributed by atoms with van der Waals surface area (Å²) >= 11 is 0. The highest BCUT2D eigenvalue weighted by molar-refractivity contribution is 5.77. The molecule has 4 aromatic rings. The molecule has 0 spiro atoms. The molecule has 4 rings (SSSR count). The van der Waals surface area contributed by atoms with Gasteiger partial charge in [-0.25, -0.2) is 20.3 Å². The molecule has 4 amide bonds. The summed E-state index contributed by atoms with van der Waals surface area (Å²) in [6.07, 6.45) is -53.5. The molecule has 0 aromatic heterocycles. The fourth-order valence-corrected chi connectivity index (χ4v) is 11.5. The molecule has 0 saturated heterocycles. The lowest BCUT2D eigenvalue weighted by molar-refractivity contribution is -0.440. The quantitative estimate of drug-likeness (QED) is 0.0312. The van der Waals surface area contributed by atoms with Crippen molar-refractivity contribution in [1.29, 1.82) is 0 Å². The molecule has 0 bridgehead atoms. The van der Waals surface area contributed by atoms with E-state index in [1.165, 1.54) is 0 Å². The molecule has 0 saturated carbocycles. The topological polar surface area (TPSA) is 125 Å². The summed E-state index contributed by atoms with van der Waals surface area (Å²) in [4.78, 5) is 77.3. The number of amides is 4. The van der Waals surface area contributed by atoms with Crippen LogP contribution in [0.4, 0.5) is 228 Å². The molecular weight excluding hydrogens is 2100 g/mol. The van der Waals surface area contributed by atoms with Crippen LogP contribution in [0.25, 0.3) is 0 Å². The number of hydrogen-bond donors (Lipinski definition) is 0. The Morgan fingerprint density at radius 2 is 0.326 bits per heavy atom. The van der Waals surface area contributed by atoms with Crippen LogP contribution < -0.4 is 0 Å². The van der Waals surface area contributed by atoms with Gasteiger partial charge in [-0.2, -0.15) is 228 Å². The molecule has 0 aliphatic heterocycles. The third kappa shape index (κ3) is 26.1. The van der Waals surface area contributed by atoms with Gasteiger partial charge in [-0.3, -0.25) is 38.5 Å². The molecule has 0 atom stereocenters. The SMILES string of the molecule is O=C(CCN(CCCN(CCC(=O)N(CCC(F)(F)C(F)(F)C(F)(F)C(F)(F)C(F)(F)C(F)(F)F)OCc1ccccc1)CCC(=O)N(CCC(F)(F)C(F)(F)C(F)(F)C(F)(F)C(F)(F)C(F)(F)F)OCc1ccccc1)CCC(=O)N(CCC(F)(F)C(F)(F)C(F)(F)C(F)(F)C(F)(F)C(F)(F)F)OCc1ccccc1)N(CCC(F)(F)C(F)(F)C(F)(F)C(F)(F)C(F)(F)C(F)(F)F)OCc1ccccc1. The Kier molecular flexibility index (Phi) is 38.8. The minimum absolute atomic E-state index is 0.321. The second-order valence-corrected chi connectivity index (χ2v) is 30.1. The van der Waals surface area contributed by atoms with E-state index in [1.807, 2.05) is 0 Å². The average molecular weight is 2170 g/mol. The smallest absolute Gasteiger partial charge is 0.302 e. The Balaban J connectivity index is 2.01. The Morgan fingerprint density at radius 1 is 0.184 bits per heavy atom. The van der Waals surface area contributed by atoms with E-state index in [0.29, 0.717) is 9.80 Å². The lowest BCUT2D eigenvalue weighted by atomic mass is 9.92. The molecule has 4 aromatic carbocycles. The van der Waals surface area contributed by atoms with E-state index in [9.17, 15) is 177 Å². The van der Waals surface area contributed by atoms with Gasteiger partial charge >= 0.3 is 143 Å². The Morgan fingerprint density at radius 3 is 0.468 bits per heavy atom. The normalized spacial score (nSPS) is 14.7. The summed E-state index contributed by atoms with van der Waals surface area (Å²) in [7, 11) is 0. The number of nitrogens with zero attached hydrogens (tertiary/aromatic N) is 6. The molecule has 0 N–H and O–H groups in total. The summed E-state index contributed by atoms with van der Waals surface area (Å²) < 4.78 is 743. The molecule has 14 nitrogen and oxygen atoms in total. The van der Waals surface area contributed by atoms with Crippen molar-refractivity contribution in [1.82, 2.24) is 30.1 Å². The largest absolute Gasteiger partial charge is 0.460 e. The summed E-state index contributed by atoms with van der Waals surface area (Å²) in [5, 5.41) is -2.68. The van der Waals surface area contributed by atoms with Crippen LogP contribution in [0.2, 0.25) is 0 Å². The van der Waals surface area contributed by atoms with Crippen LogP contribution in [0.5, 0.6) is 0 Å². The molecule has 808 valence electrons. The van der Waals surface area contributed by atoms with Crippen molar-refractivity contribution in [2.75, 3.05) is 65.4 Å². The molecule has 0 fully saturated rings. The van der Waals surface area contributed by atoms with Gasteiger partial charge in [0.25, 0.3) is 0 Å². The molecule has 0 radical (unpaired) electrons. The van der Waals surface area contributed by atoms with E-state index in [0.717, 1.165) is 121 Å². The van der Waals surface area contributed by atoms with E-state index < -0.39 is 337 Å². The first-order chi connectivity index (χ1) is 63.3. The number of benzene rings is 4. The van der Waals surface area contributed by atoms with Crippen LogP contribution in [-0.4, -0.2) is 262 Å².